The molecule has 147 heavy (non-hydrogen) atoms. The summed E-state index contributed by atoms with van der Waals surface area (Å²) in [4.78, 5) is 0. The van der Waals surface area contributed by atoms with Crippen LogP contribution < -0.4 is 0 Å². The lowest BCUT2D eigenvalue weighted by Crippen LogP contribution is -1.90. The average molecular weight is 2060 g/mol. The van der Waals surface area contributed by atoms with Gasteiger partial charge in [0.25, 0.3) is 0 Å². The zero-order valence-electron chi connectivity index (χ0n) is 97.5. The van der Waals surface area contributed by atoms with Crippen molar-refractivity contribution < 1.29 is 8.92 Å². The van der Waals surface area contributed by atoms with Crippen molar-refractivity contribution in [3.8, 4) is 0 Å². The molecule has 0 aromatic rings. The summed E-state index contributed by atoms with van der Waals surface area (Å²) >= 11 is 5.53. The molecule has 0 radical (unpaired) electrons. The van der Waals surface area contributed by atoms with E-state index in [2.05, 4.69) is 508 Å². The fraction of sp³-hybridized carbons (Fsp3) is 0.507. The smallest absolute Gasteiger partial charge is 0.0585 e. The molecule has 0 saturated carbocycles. The molecule has 0 bridgehead atoms. The summed E-state index contributed by atoms with van der Waals surface area (Å²) in [5, 5.41) is 0. The molecule has 0 N–H and O–H groups in total. The fourth-order valence-electron chi connectivity index (χ4n) is 12.0. The van der Waals surface area contributed by atoms with Crippen LogP contribution in [0.5, 0.6) is 0 Å². The van der Waals surface area contributed by atoms with Crippen LogP contribution in [0.15, 0.2) is 425 Å². The predicted octanol–water partition coefficient (Wildman–Crippen LogP) is 48.3. The molecule has 0 aliphatic rings. The van der Waals surface area contributed by atoms with Crippen LogP contribution in [-0.2, 0) is 8.92 Å². The molecule has 0 aliphatic carbocycles. The van der Waals surface area contributed by atoms with Crippen molar-refractivity contribution in [2.45, 2.75) is 418 Å². The molecule has 826 valence electrons. The van der Waals surface area contributed by atoms with Crippen molar-refractivity contribution in [3.63, 3.8) is 0 Å². The van der Waals surface area contributed by atoms with Gasteiger partial charge in [-0.2, -0.15) is 23.5 Å². The van der Waals surface area contributed by atoms with Gasteiger partial charge in [-0.05, 0) is 319 Å². The van der Waals surface area contributed by atoms with Gasteiger partial charge in [-0.25, -0.2) is 0 Å². The highest BCUT2D eigenvalue weighted by Crippen LogP contribution is 2.11. The van der Waals surface area contributed by atoms with Crippen molar-refractivity contribution in [2.75, 3.05) is 48.6 Å². The van der Waals surface area contributed by atoms with Crippen LogP contribution in [0, 0.1) is 0 Å². The summed E-state index contributed by atoms with van der Waals surface area (Å²) in [6, 6.07) is 0. The Labute approximate surface area is 929 Å². The molecule has 0 amide bonds. The number of allylic oxidation sites excluding steroid dienone is 68. The van der Waals surface area contributed by atoms with Gasteiger partial charge in [-0.3, -0.25) is 0 Å². The van der Waals surface area contributed by atoms with Crippen molar-refractivity contribution in [2.24, 2.45) is 0 Å². The summed E-state index contributed by atoms with van der Waals surface area (Å²) in [5.41, 5.74) is 0. The van der Waals surface area contributed by atoms with Crippen LogP contribution >= 0.6 is 35.6 Å². The lowest BCUT2D eigenvalue weighted by atomic mass is 10.2. The van der Waals surface area contributed by atoms with Gasteiger partial charge in [-0.15, -0.1) is 0 Å². The van der Waals surface area contributed by atoms with Crippen molar-refractivity contribution >= 4 is 35.6 Å². The van der Waals surface area contributed by atoms with Crippen LogP contribution in [0.3, 0.4) is 0 Å². The van der Waals surface area contributed by atoms with E-state index < -0.39 is 0 Å². The lowest BCUT2D eigenvalue weighted by Gasteiger charge is -1.94. The molecule has 0 aromatic carbocycles. The number of rotatable bonds is 91. The van der Waals surface area contributed by atoms with Gasteiger partial charge >= 0.3 is 0 Å². The first kappa shape index (κ1) is 152. The van der Waals surface area contributed by atoms with Crippen LogP contribution in [-0.4, -0.2) is 48.6 Å². The molecule has 0 aliphatic heterocycles. The zero-order chi connectivity index (χ0) is 108. The molecule has 0 heterocycles. The number of ether oxygens (including phenoxy) is 1. The Morgan fingerprint density at radius 3 is 0.544 bits per heavy atom. The highest BCUT2D eigenvalue weighted by Gasteiger charge is 1.90. The summed E-state index contributed by atoms with van der Waals surface area (Å²) in [6.07, 6.45) is 213. The molecule has 0 aromatic heterocycles. The summed E-state index contributed by atoms with van der Waals surface area (Å²) in [5.74, 6) is 5.89. The highest BCUT2D eigenvalue weighted by atomic mass is 32.2. The molecular formula is C142H228O2S3. The zero-order valence-corrected chi connectivity index (χ0v) is 99.9. The Kier molecular flexibility index (Phi) is 171. The Hall–Kier alpha value is -8.13. The standard InChI is InChI=1S/C22H34.C20H32OS.C20H32O.2C20H32S.C20H34.C20H32/c1-3-5-7-9-11-13-15-17-19-21-22-20-18-16-14-12-10-8-6-4-2;1-3-5-6-7-8-9-10-11-12-13-14-15-16-17-18-19-20-22-21-4-2;3*1-3-5-6-7-8-9-10-11-12-13-14-15-16-17-18-19-20-21-4-2;2*1-3-5-7-9-11-13-15-17-19-20-18-16-14-12-10-8-6-4-2/h5,7-8,10-11,13-14,16-17,19-20,22H,3-4,6,9,12,15,18,21H2,1-2H3;5-6,8-9,11-12,14-15,17-18H,3-4,7,10,13,16,19-20H2,1-2H3;5-6,8-9,11-12,14-15,17-18H,3-4,7,10,13,16,19-20H2,1-2H3;5-6,8-9,11-12,14-15,18-19H,3-4,7,10,13,16-17,20H2,1-2H3;5-6,8-9,11-12,14-15,17-18H,3-4,7,10,13,16,19-20H2,1-2H3;9,11-12,14-15,17-18,20H,3-8,10,13,16,19H2,1-2H3;5,7,10-13,16-19H,3-4,6,8-9,14-15,20H2,1-2H3/b7-5-,10-8-,13-11-,16-14-,19-17-,22-20-;2*6-5-,9-8-,12-11-,15-14-,18-17-;6-5-,9-8-,12-11-,15-14-,19-18+;6-5-,9-8-,12-11-,15-14-,18-17-;11-9-,14-12-,17-15-,20-18-;7-5-,12-10-,13-11-,18-16-,19-17-. The van der Waals surface area contributed by atoms with Crippen molar-refractivity contribution in [1.82, 2.24) is 0 Å². The largest absolute Gasteiger partial charge is 0.381 e. The second kappa shape index (κ2) is 166. The first-order chi connectivity index (χ1) is 72.9. The molecule has 0 saturated heterocycles. The van der Waals surface area contributed by atoms with Crippen molar-refractivity contribution in [3.05, 3.63) is 425 Å². The lowest BCUT2D eigenvalue weighted by molar-refractivity contribution is 0.152. The first-order valence-electron chi connectivity index (χ1n) is 58.6. The Morgan fingerprint density at radius 1 is 0.143 bits per heavy atom. The first-order valence-corrected chi connectivity index (χ1v) is 61.8. The maximum Gasteiger partial charge on any atom is 0.0585 e. The third-order valence-electron chi connectivity index (χ3n) is 20.2. The number of unbranched alkanes of at least 4 members (excludes halogenated alkanes) is 9. The van der Waals surface area contributed by atoms with Crippen LogP contribution in [0.4, 0.5) is 0 Å². The maximum absolute atomic E-state index is 5.27. The van der Waals surface area contributed by atoms with E-state index in [1.165, 1.54) is 107 Å². The van der Waals surface area contributed by atoms with Gasteiger partial charge in [0.2, 0.25) is 0 Å². The third-order valence-corrected chi connectivity index (χ3v) is 22.8. The molecule has 0 spiro atoms. The highest BCUT2D eigenvalue weighted by molar-refractivity contribution is 7.99. The van der Waals surface area contributed by atoms with E-state index in [0.29, 0.717) is 0 Å². The van der Waals surface area contributed by atoms with Gasteiger partial charge in [0.15, 0.2) is 0 Å². The number of thioether (sulfide) groups is 2. The summed E-state index contributed by atoms with van der Waals surface area (Å²) in [7, 11) is 0. The summed E-state index contributed by atoms with van der Waals surface area (Å²) < 4.78 is 10.5. The van der Waals surface area contributed by atoms with E-state index >= 15 is 0 Å². The van der Waals surface area contributed by atoms with Gasteiger partial charge in [-0.1, -0.05) is 553 Å². The molecule has 0 atom stereocenters. The SMILES string of the molecule is CC/C=C\C/C=C\C/C=C\C/C=C\C/C=C\C/C=C\CCC.CC/C=C\C/C=C\C/C=C\C/C=C\C/C=C\CCCC.CC/C=C\C/C=C\C/C=C\C/C=C\C/C=C\CCOCC.CC/C=C\C/C=C\C/C=C\C/C=C\C/C=C\CCSCC.CC/C=C\C/C=C\C/C=C\C/C=C\C/C=C\CCSOCC.CC/C=C\C/C=C\C/C=C\C/C=C\CC/C=C/CSCC.CCCC/C=C\C/C=C\C/C=C\C/C=C\CCCCC. The predicted molar refractivity (Wildman–Crippen MR) is 694 cm³/mol. The second-order valence-electron chi connectivity index (χ2n) is 34.1. The molecule has 2 nitrogen and oxygen atoms in total. The second-order valence-corrected chi connectivity index (χ2v) is 37.7. The monoisotopic (exact) mass is 2060 g/mol. The minimum atomic E-state index is 0.788. The molecular weight excluding hydrogens is 1830 g/mol. The van der Waals surface area contributed by atoms with Gasteiger partial charge in [0, 0.05) is 24.7 Å². The van der Waals surface area contributed by atoms with E-state index in [-0.39, 0.29) is 0 Å². The number of hydrogen-bond donors (Lipinski definition) is 0. The molecule has 0 unspecified atom stereocenters. The fourth-order valence-corrected chi connectivity index (χ4v) is 13.6. The molecule has 0 rings (SSSR count). The maximum atomic E-state index is 5.27. The quantitative estimate of drug-likeness (QED) is 0.0342. The topological polar surface area (TPSA) is 18.5 Å². The number of hydrogen-bond acceptors (Lipinski definition) is 5. The average Bonchev–Trinajstić information content (AvgIpc) is 1.12. The van der Waals surface area contributed by atoms with Crippen LogP contribution in [0.25, 0.3) is 0 Å². The van der Waals surface area contributed by atoms with Gasteiger partial charge in [0.1, 0.15) is 0 Å². The Balaban J connectivity index is -0.000000311. The molecule has 0 fully saturated rings. The van der Waals surface area contributed by atoms with E-state index in [9.17, 15) is 0 Å². The van der Waals surface area contributed by atoms with Gasteiger partial charge < -0.3 is 8.92 Å². The van der Waals surface area contributed by atoms with E-state index in [0.717, 1.165) is 262 Å². The van der Waals surface area contributed by atoms with E-state index in [4.69, 9.17) is 8.92 Å². The normalized spacial score (nSPS) is 13.0. The Morgan fingerprint density at radius 2 is 0.333 bits per heavy atom. The Bertz CT molecular complexity index is 3590. The minimum absolute atomic E-state index is 0.788. The van der Waals surface area contributed by atoms with Crippen molar-refractivity contribution in [1.29, 1.82) is 0 Å². The van der Waals surface area contributed by atoms with Gasteiger partial charge in [0.05, 0.1) is 6.61 Å². The van der Waals surface area contributed by atoms with Crippen LogP contribution in [0.1, 0.15) is 418 Å². The third kappa shape index (κ3) is 183. The minimum Gasteiger partial charge on any atom is -0.381 e. The summed E-state index contributed by atoms with van der Waals surface area (Å²) in [6.45, 7) is 32.8. The van der Waals surface area contributed by atoms with Crippen LogP contribution in [0.2, 0.25) is 0 Å². The van der Waals surface area contributed by atoms with E-state index in [1.807, 2.05) is 37.4 Å². The molecule has 5 heteroatoms. The van der Waals surface area contributed by atoms with E-state index in [1.54, 1.807) is 12.0 Å².